The number of H-pyrrole nitrogens is 1. The minimum atomic E-state index is 0.196. The number of rotatable bonds is 7. The normalized spacial score (nSPS) is 11.0. The highest BCUT2D eigenvalue weighted by molar-refractivity contribution is 5.59. The van der Waals surface area contributed by atoms with Crippen molar-refractivity contribution in [2.45, 2.75) is 39.2 Å². The first-order valence-electron chi connectivity index (χ1n) is 7.20. The molecule has 0 saturated carbocycles. The molecule has 0 unspecified atom stereocenters. The van der Waals surface area contributed by atoms with E-state index in [0.29, 0.717) is 0 Å². The van der Waals surface area contributed by atoms with Crippen molar-refractivity contribution in [3.63, 3.8) is 0 Å². The van der Waals surface area contributed by atoms with E-state index in [1.807, 2.05) is 32.2 Å². The molecule has 0 atom stereocenters. The van der Waals surface area contributed by atoms with Gasteiger partial charge in [0.25, 0.3) is 0 Å². The molecule has 20 heavy (non-hydrogen) atoms. The number of nitrogens with two attached hydrogens (primary N) is 1. The molecular formula is C16H23N3O. The van der Waals surface area contributed by atoms with Gasteiger partial charge >= 0.3 is 0 Å². The lowest BCUT2D eigenvalue weighted by atomic mass is 10.1. The molecule has 2 rings (SSSR count). The number of aryl methyl sites for hydroxylation is 1. The van der Waals surface area contributed by atoms with E-state index in [2.05, 4.69) is 22.1 Å². The molecule has 0 fully saturated rings. The van der Waals surface area contributed by atoms with Crippen LogP contribution < -0.4 is 10.5 Å². The second-order valence-corrected chi connectivity index (χ2v) is 5.18. The molecule has 0 aliphatic heterocycles. The smallest absolute Gasteiger partial charge is 0.119 e. The van der Waals surface area contributed by atoms with Crippen LogP contribution in [0.3, 0.4) is 0 Å². The predicted molar refractivity (Wildman–Crippen MR) is 81.8 cm³/mol. The van der Waals surface area contributed by atoms with Gasteiger partial charge in [-0.25, -0.2) is 4.98 Å². The van der Waals surface area contributed by atoms with Crippen LogP contribution in [0.4, 0.5) is 0 Å². The largest absolute Gasteiger partial charge is 0.491 e. The van der Waals surface area contributed by atoms with Crippen molar-refractivity contribution >= 4 is 0 Å². The number of aromatic nitrogens is 2. The van der Waals surface area contributed by atoms with Crippen LogP contribution in [-0.2, 0) is 6.42 Å². The van der Waals surface area contributed by atoms with Crippen LogP contribution >= 0.6 is 0 Å². The molecule has 0 amide bonds. The quantitative estimate of drug-likeness (QED) is 0.762. The average molecular weight is 273 g/mol. The Morgan fingerprint density at radius 1 is 1.20 bits per heavy atom. The van der Waals surface area contributed by atoms with E-state index in [1.165, 1.54) is 0 Å². The maximum atomic E-state index is 5.64. The number of imidazole rings is 1. The fraction of sp³-hybridized carbons (Fsp3) is 0.438. The van der Waals surface area contributed by atoms with E-state index < -0.39 is 0 Å². The monoisotopic (exact) mass is 273 g/mol. The van der Waals surface area contributed by atoms with Gasteiger partial charge < -0.3 is 15.5 Å². The van der Waals surface area contributed by atoms with E-state index in [-0.39, 0.29) is 6.10 Å². The van der Waals surface area contributed by atoms with Gasteiger partial charge in [-0.15, -0.1) is 0 Å². The molecule has 0 spiro atoms. The zero-order valence-corrected chi connectivity index (χ0v) is 12.2. The number of nitrogens with one attached hydrogen (secondary N) is 1. The van der Waals surface area contributed by atoms with Crippen molar-refractivity contribution in [1.29, 1.82) is 0 Å². The summed E-state index contributed by atoms with van der Waals surface area (Å²) in [7, 11) is 0. The Bertz CT molecular complexity index is 517. The summed E-state index contributed by atoms with van der Waals surface area (Å²) in [5, 5.41) is 0. The molecule has 0 saturated heterocycles. The van der Waals surface area contributed by atoms with Gasteiger partial charge in [0, 0.05) is 6.42 Å². The molecule has 0 aliphatic carbocycles. The summed E-state index contributed by atoms with van der Waals surface area (Å²) in [4.78, 5) is 7.76. The van der Waals surface area contributed by atoms with Crippen LogP contribution in [0.15, 0.2) is 30.5 Å². The molecule has 0 radical (unpaired) electrons. The number of hydrogen-bond acceptors (Lipinski definition) is 3. The molecule has 0 aliphatic rings. The Kier molecular flexibility index (Phi) is 5.18. The Morgan fingerprint density at radius 2 is 1.95 bits per heavy atom. The van der Waals surface area contributed by atoms with Crippen LogP contribution in [0.25, 0.3) is 11.3 Å². The maximum Gasteiger partial charge on any atom is 0.119 e. The van der Waals surface area contributed by atoms with Gasteiger partial charge in [0.1, 0.15) is 11.6 Å². The zero-order chi connectivity index (χ0) is 14.4. The number of ether oxygens (including phenoxy) is 1. The summed E-state index contributed by atoms with van der Waals surface area (Å²) >= 11 is 0. The van der Waals surface area contributed by atoms with Crippen LogP contribution in [0.1, 0.15) is 32.5 Å². The predicted octanol–water partition coefficient (Wildman–Crippen LogP) is 3.15. The summed E-state index contributed by atoms with van der Waals surface area (Å²) in [6.45, 7) is 4.79. The van der Waals surface area contributed by atoms with Gasteiger partial charge in [-0.05, 0) is 63.1 Å². The first-order chi connectivity index (χ1) is 9.69. The Hall–Kier alpha value is -1.81. The highest BCUT2D eigenvalue weighted by atomic mass is 16.5. The summed E-state index contributed by atoms with van der Waals surface area (Å²) in [6, 6.07) is 8.08. The summed E-state index contributed by atoms with van der Waals surface area (Å²) in [5.74, 6) is 1.92. The van der Waals surface area contributed by atoms with Crippen molar-refractivity contribution in [2.75, 3.05) is 6.54 Å². The van der Waals surface area contributed by atoms with Crippen LogP contribution in [-0.4, -0.2) is 22.6 Å². The molecule has 108 valence electrons. The fourth-order valence-electron chi connectivity index (χ4n) is 2.06. The van der Waals surface area contributed by atoms with E-state index >= 15 is 0 Å². The van der Waals surface area contributed by atoms with Gasteiger partial charge in [-0.1, -0.05) is 0 Å². The second kappa shape index (κ2) is 7.10. The van der Waals surface area contributed by atoms with Crippen LogP contribution in [0.2, 0.25) is 0 Å². The van der Waals surface area contributed by atoms with Gasteiger partial charge in [-0.2, -0.15) is 0 Å². The third-order valence-corrected chi connectivity index (χ3v) is 3.03. The van der Waals surface area contributed by atoms with Crippen molar-refractivity contribution in [1.82, 2.24) is 9.97 Å². The SMILES string of the molecule is CC(C)Oc1ccc(-c2cnc(CCCCN)[nH]2)cc1. The first-order valence-corrected chi connectivity index (χ1v) is 7.20. The molecule has 3 N–H and O–H groups in total. The van der Waals surface area contributed by atoms with Crippen molar-refractivity contribution in [3.8, 4) is 17.0 Å². The number of hydrogen-bond donors (Lipinski definition) is 2. The molecule has 1 aromatic carbocycles. The lowest BCUT2D eigenvalue weighted by Gasteiger charge is -2.09. The van der Waals surface area contributed by atoms with Gasteiger partial charge in [0.15, 0.2) is 0 Å². The van der Waals surface area contributed by atoms with E-state index in [9.17, 15) is 0 Å². The van der Waals surface area contributed by atoms with Gasteiger partial charge in [-0.3, -0.25) is 0 Å². The maximum absolute atomic E-state index is 5.64. The summed E-state index contributed by atoms with van der Waals surface area (Å²) in [5.41, 5.74) is 7.66. The van der Waals surface area contributed by atoms with Gasteiger partial charge in [0.2, 0.25) is 0 Å². The van der Waals surface area contributed by atoms with E-state index in [0.717, 1.165) is 48.6 Å². The summed E-state index contributed by atoms with van der Waals surface area (Å²) < 4.78 is 5.64. The Balaban J connectivity index is 2.00. The third-order valence-electron chi connectivity index (χ3n) is 3.03. The number of aromatic amines is 1. The topological polar surface area (TPSA) is 63.9 Å². The highest BCUT2D eigenvalue weighted by Crippen LogP contribution is 2.21. The number of nitrogens with zero attached hydrogens (tertiary/aromatic N) is 1. The van der Waals surface area contributed by atoms with E-state index in [4.69, 9.17) is 10.5 Å². The molecular weight excluding hydrogens is 250 g/mol. The van der Waals surface area contributed by atoms with Crippen molar-refractivity contribution in [2.24, 2.45) is 5.73 Å². The summed E-state index contributed by atoms with van der Waals surface area (Å²) in [6.07, 6.45) is 5.14. The lowest BCUT2D eigenvalue weighted by molar-refractivity contribution is 0.242. The molecule has 0 bridgehead atoms. The second-order valence-electron chi connectivity index (χ2n) is 5.18. The minimum absolute atomic E-state index is 0.196. The Morgan fingerprint density at radius 3 is 2.60 bits per heavy atom. The molecule has 2 aromatic rings. The minimum Gasteiger partial charge on any atom is -0.491 e. The fourth-order valence-corrected chi connectivity index (χ4v) is 2.06. The van der Waals surface area contributed by atoms with Crippen LogP contribution in [0, 0.1) is 0 Å². The number of benzene rings is 1. The first kappa shape index (κ1) is 14.6. The Labute approximate surface area is 120 Å². The van der Waals surface area contributed by atoms with E-state index in [1.54, 1.807) is 0 Å². The average Bonchev–Trinajstić information content (AvgIpc) is 2.88. The molecule has 4 nitrogen and oxygen atoms in total. The standard InChI is InChI=1S/C16H23N3O/c1-12(2)20-14-8-6-13(7-9-14)15-11-18-16(19-15)5-3-4-10-17/h6-9,11-12H,3-5,10,17H2,1-2H3,(H,18,19). The van der Waals surface area contributed by atoms with Crippen LogP contribution in [0.5, 0.6) is 5.75 Å². The molecule has 1 aromatic heterocycles. The lowest BCUT2D eigenvalue weighted by Crippen LogP contribution is -2.05. The molecule has 4 heteroatoms. The zero-order valence-electron chi connectivity index (χ0n) is 12.2. The van der Waals surface area contributed by atoms with Gasteiger partial charge in [0.05, 0.1) is 18.0 Å². The van der Waals surface area contributed by atoms with Crippen molar-refractivity contribution < 1.29 is 4.74 Å². The van der Waals surface area contributed by atoms with Crippen molar-refractivity contribution in [3.05, 3.63) is 36.3 Å². The number of unbranched alkanes of at least 4 members (excludes halogenated alkanes) is 1. The molecule has 1 heterocycles. The highest BCUT2D eigenvalue weighted by Gasteiger charge is 2.04. The third kappa shape index (κ3) is 4.10.